The van der Waals surface area contributed by atoms with Crippen molar-refractivity contribution < 1.29 is 9.53 Å². The molecule has 0 bridgehead atoms. The van der Waals surface area contributed by atoms with Crippen molar-refractivity contribution in [3.05, 3.63) is 75.2 Å². The van der Waals surface area contributed by atoms with Gasteiger partial charge >= 0.3 is 0 Å². The summed E-state index contributed by atoms with van der Waals surface area (Å²) in [4.78, 5) is 30.8. The van der Waals surface area contributed by atoms with E-state index in [-0.39, 0.29) is 23.1 Å². The molecule has 34 heavy (non-hydrogen) atoms. The molecule has 0 saturated heterocycles. The van der Waals surface area contributed by atoms with Crippen LogP contribution in [0.15, 0.2) is 53.0 Å². The molecular weight excluding hydrogens is 428 g/mol. The summed E-state index contributed by atoms with van der Waals surface area (Å²) in [6.07, 6.45) is 8.86. The van der Waals surface area contributed by atoms with Crippen molar-refractivity contribution in [2.45, 2.75) is 58.4 Å². The summed E-state index contributed by atoms with van der Waals surface area (Å²) in [7, 11) is 0. The quantitative estimate of drug-likeness (QED) is 0.428. The minimum absolute atomic E-state index is 0.0456. The van der Waals surface area contributed by atoms with Gasteiger partial charge in [0.2, 0.25) is 5.88 Å². The van der Waals surface area contributed by atoms with Gasteiger partial charge in [-0.1, -0.05) is 44.4 Å². The van der Waals surface area contributed by atoms with Gasteiger partial charge in [-0.05, 0) is 61.6 Å². The van der Waals surface area contributed by atoms with Crippen molar-refractivity contribution >= 4 is 17.6 Å². The Hall–Kier alpha value is -3.92. The molecule has 2 aromatic heterocycles. The predicted octanol–water partition coefficient (Wildman–Crippen LogP) is 4.71. The number of ether oxygens (including phenoxy) is 1. The van der Waals surface area contributed by atoms with Crippen molar-refractivity contribution in [1.82, 2.24) is 14.7 Å². The van der Waals surface area contributed by atoms with Crippen LogP contribution < -0.4 is 15.6 Å². The number of aromatic nitrogens is 2. The Morgan fingerprint density at radius 1 is 1.24 bits per heavy atom. The smallest absolute Gasteiger partial charge is 0.269 e. The molecule has 7 nitrogen and oxygen atoms in total. The molecule has 2 heterocycles. The lowest BCUT2D eigenvalue weighted by atomic mass is 9.95. The normalized spacial score (nSPS) is 14.6. The number of hydrogen-bond acceptors (Lipinski definition) is 5. The number of nitrogens with one attached hydrogen (secondary N) is 1. The predicted molar refractivity (Wildman–Crippen MR) is 131 cm³/mol. The Labute approximate surface area is 198 Å². The molecule has 3 aromatic rings. The van der Waals surface area contributed by atoms with E-state index in [1.165, 1.54) is 10.5 Å². The Kier molecular flexibility index (Phi) is 7.07. The highest BCUT2D eigenvalue weighted by Crippen LogP contribution is 2.25. The van der Waals surface area contributed by atoms with Crippen LogP contribution in [-0.4, -0.2) is 21.3 Å². The summed E-state index contributed by atoms with van der Waals surface area (Å²) in [5.41, 5.74) is 1.90. The second-order valence-corrected chi connectivity index (χ2v) is 8.60. The first-order chi connectivity index (χ1) is 16.5. The fraction of sp³-hybridized carbons (Fsp3) is 0.333. The van der Waals surface area contributed by atoms with Gasteiger partial charge in [-0.2, -0.15) is 10.2 Å². The number of benzene rings is 1. The third-order valence-electron chi connectivity index (χ3n) is 6.19. The van der Waals surface area contributed by atoms with Gasteiger partial charge in [-0.15, -0.1) is 0 Å². The largest absolute Gasteiger partial charge is 0.438 e. The Morgan fingerprint density at radius 3 is 2.65 bits per heavy atom. The number of aryl methyl sites for hydroxylation is 2. The van der Waals surface area contributed by atoms with Crippen LogP contribution in [0.3, 0.4) is 0 Å². The lowest BCUT2D eigenvalue weighted by molar-refractivity contribution is -0.117. The summed E-state index contributed by atoms with van der Waals surface area (Å²) >= 11 is 0. The Bertz CT molecular complexity index is 1330. The van der Waals surface area contributed by atoms with Crippen molar-refractivity contribution in [3.8, 4) is 17.7 Å². The number of rotatable bonds is 6. The molecule has 4 rings (SSSR count). The highest BCUT2D eigenvalue weighted by atomic mass is 16.5. The molecular formula is C27H28N4O3. The van der Waals surface area contributed by atoms with Gasteiger partial charge in [0.05, 0.1) is 0 Å². The second-order valence-electron chi connectivity index (χ2n) is 8.60. The summed E-state index contributed by atoms with van der Waals surface area (Å²) in [5.74, 6) is 0.0880. The van der Waals surface area contributed by atoms with Crippen LogP contribution in [0.25, 0.3) is 11.7 Å². The minimum atomic E-state index is -0.485. The van der Waals surface area contributed by atoms with Gasteiger partial charge in [0.25, 0.3) is 11.5 Å². The van der Waals surface area contributed by atoms with E-state index in [4.69, 9.17) is 4.74 Å². The van der Waals surface area contributed by atoms with Gasteiger partial charge in [0.15, 0.2) is 0 Å². The summed E-state index contributed by atoms with van der Waals surface area (Å²) in [5, 5.41) is 12.7. The first kappa shape index (κ1) is 23.2. The molecule has 1 aromatic carbocycles. The van der Waals surface area contributed by atoms with E-state index >= 15 is 0 Å². The lowest BCUT2D eigenvalue weighted by Crippen LogP contribution is -2.36. The van der Waals surface area contributed by atoms with Crippen LogP contribution in [0.5, 0.6) is 11.6 Å². The topological polar surface area (TPSA) is 96.5 Å². The monoisotopic (exact) mass is 456 g/mol. The van der Waals surface area contributed by atoms with Gasteiger partial charge in [-0.25, -0.2) is 0 Å². The number of nitriles is 1. The standard InChI is InChI=1S/C27H28N4O3/c1-3-19-11-13-22(14-12-19)34-26-23(27(33)31-15-7-8-18(2)24(31)30-26)16-20(17-28)25(32)29-21-9-5-4-6-10-21/h7-8,11-16,21H,3-6,9-10H2,1-2H3,(H,29,32)/b20-16+. The van der Waals surface area contributed by atoms with Crippen LogP contribution in [0, 0.1) is 18.3 Å². The number of hydrogen-bond donors (Lipinski definition) is 1. The molecule has 1 aliphatic carbocycles. The third kappa shape index (κ3) is 5.01. The molecule has 1 saturated carbocycles. The van der Waals surface area contributed by atoms with Crippen LogP contribution in [0.4, 0.5) is 0 Å². The average Bonchev–Trinajstić information content (AvgIpc) is 2.85. The number of pyridine rings is 1. The number of fused-ring (bicyclic) bond motifs is 1. The molecule has 0 spiro atoms. The summed E-state index contributed by atoms with van der Waals surface area (Å²) in [6.45, 7) is 3.92. The van der Waals surface area contributed by atoms with E-state index in [0.29, 0.717) is 11.4 Å². The lowest BCUT2D eigenvalue weighted by Gasteiger charge is -2.22. The average molecular weight is 457 g/mol. The zero-order valence-corrected chi connectivity index (χ0v) is 19.5. The molecule has 0 aliphatic heterocycles. The maximum Gasteiger partial charge on any atom is 0.269 e. The number of amides is 1. The van der Waals surface area contributed by atoms with Crippen LogP contribution in [-0.2, 0) is 11.2 Å². The van der Waals surface area contributed by atoms with Gasteiger partial charge in [0, 0.05) is 12.2 Å². The SMILES string of the molecule is CCc1ccc(Oc2nc3c(C)cccn3c(=O)c2/C=C(\C#N)C(=O)NC2CCCCC2)cc1. The number of carbonyl (C=O) groups is 1. The summed E-state index contributed by atoms with van der Waals surface area (Å²) in [6, 6.07) is 13.1. The minimum Gasteiger partial charge on any atom is -0.438 e. The number of nitrogens with zero attached hydrogens (tertiary/aromatic N) is 3. The molecule has 1 amide bonds. The molecule has 1 fully saturated rings. The molecule has 174 valence electrons. The van der Waals surface area contributed by atoms with Gasteiger partial charge in [0.1, 0.15) is 28.6 Å². The van der Waals surface area contributed by atoms with Crippen LogP contribution in [0.1, 0.15) is 55.7 Å². The molecule has 7 heteroatoms. The first-order valence-corrected chi connectivity index (χ1v) is 11.7. The molecule has 1 N–H and O–H groups in total. The summed E-state index contributed by atoms with van der Waals surface area (Å²) < 4.78 is 7.42. The Morgan fingerprint density at radius 2 is 1.97 bits per heavy atom. The van der Waals surface area contributed by atoms with E-state index in [1.54, 1.807) is 12.3 Å². The van der Waals surface area contributed by atoms with Crippen molar-refractivity contribution in [2.24, 2.45) is 0 Å². The maximum atomic E-state index is 13.4. The molecule has 0 atom stereocenters. The van der Waals surface area contributed by atoms with Crippen molar-refractivity contribution in [1.29, 1.82) is 5.26 Å². The van der Waals surface area contributed by atoms with E-state index in [9.17, 15) is 14.9 Å². The first-order valence-electron chi connectivity index (χ1n) is 11.7. The zero-order chi connectivity index (χ0) is 24.1. The van der Waals surface area contributed by atoms with Crippen LogP contribution in [0.2, 0.25) is 0 Å². The second kappa shape index (κ2) is 10.3. The van der Waals surface area contributed by atoms with Crippen molar-refractivity contribution in [3.63, 3.8) is 0 Å². The van der Waals surface area contributed by atoms with E-state index in [0.717, 1.165) is 49.7 Å². The van der Waals surface area contributed by atoms with Gasteiger partial charge < -0.3 is 10.1 Å². The zero-order valence-electron chi connectivity index (χ0n) is 19.5. The van der Waals surface area contributed by atoms with Crippen LogP contribution >= 0.6 is 0 Å². The van der Waals surface area contributed by atoms with E-state index in [2.05, 4.69) is 17.2 Å². The maximum absolute atomic E-state index is 13.4. The Balaban J connectivity index is 1.77. The van der Waals surface area contributed by atoms with E-state index < -0.39 is 11.5 Å². The third-order valence-corrected chi connectivity index (χ3v) is 6.19. The molecule has 0 radical (unpaired) electrons. The fourth-order valence-electron chi connectivity index (χ4n) is 4.20. The van der Waals surface area contributed by atoms with E-state index in [1.807, 2.05) is 43.3 Å². The molecule has 0 unspecified atom stereocenters. The van der Waals surface area contributed by atoms with Crippen molar-refractivity contribution in [2.75, 3.05) is 0 Å². The fourth-order valence-corrected chi connectivity index (χ4v) is 4.20. The molecule has 1 aliphatic rings. The number of carbonyl (C=O) groups excluding carboxylic acids is 1. The highest BCUT2D eigenvalue weighted by Gasteiger charge is 2.21. The van der Waals surface area contributed by atoms with Gasteiger partial charge in [-0.3, -0.25) is 14.0 Å². The highest BCUT2D eigenvalue weighted by molar-refractivity contribution is 6.02.